The van der Waals surface area contributed by atoms with Crippen LogP contribution in [0.1, 0.15) is 92.4 Å². The van der Waals surface area contributed by atoms with Crippen LogP contribution >= 0.6 is 0 Å². The van der Waals surface area contributed by atoms with Crippen molar-refractivity contribution in [1.82, 2.24) is 0 Å². The van der Waals surface area contributed by atoms with Gasteiger partial charge in [-0.2, -0.15) is 0 Å². The van der Waals surface area contributed by atoms with Crippen molar-refractivity contribution in [3.8, 4) is 0 Å². The largest absolute Gasteiger partial charge is 0.396 e. The van der Waals surface area contributed by atoms with E-state index in [1.54, 1.807) is 0 Å². The second kappa shape index (κ2) is 6.89. The number of hydrogen-bond acceptors (Lipinski definition) is 5. The van der Waals surface area contributed by atoms with E-state index in [4.69, 9.17) is 4.74 Å². The second-order valence-electron chi connectivity index (χ2n) is 14.7. The SMILES string of the molecule is C[C@@]12CC[C@]3(CC[C@]4(C)C(=CC[C@@H]5[C@@]6(C)C[C@@H](O)[C@@H](O)[C@@](C)(CO)[C@@H]6CC[C@]54C)[C@H]3O[C@@H]1O)C2. The van der Waals surface area contributed by atoms with Crippen molar-refractivity contribution in [2.75, 3.05) is 6.61 Å². The molecule has 5 nitrogen and oxygen atoms in total. The molecule has 0 aromatic carbocycles. The fourth-order valence-electron chi connectivity index (χ4n) is 11.1. The molecule has 0 radical (unpaired) electrons. The maximum absolute atomic E-state index is 11.0. The van der Waals surface area contributed by atoms with Gasteiger partial charge in [-0.1, -0.05) is 40.7 Å². The molecular weight excluding hydrogens is 428 g/mol. The van der Waals surface area contributed by atoms with Crippen LogP contribution in [0.25, 0.3) is 0 Å². The lowest BCUT2D eigenvalue weighted by Crippen LogP contribution is -2.68. The van der Waals surface area contributed by atoms with E-state index in [0.717, 1.165) is 51.4 Å². The van der Waals surface area contributed by atoms with Crippen LogP contribution in [0.15, 0.2) is 11.6 Å². The number of rotatable bonds is 1. The van der Waals surface area contributed by atoms with Crippen LogP contribution in [0, 0.1) is 44.3 Å². The number of fused-ring (bicyclic) bond motifs is 7. The third-order valence-corrected chi connectivity index (χ3v) is 13.4. The van der Waals surface area contributed by atoms with Gasteiger partial charge in [-0.25, -0.2) is 0 Å². The number of aliphatic hydroxyl groups is 4. The predicted molar refractivity (Wildman–Crippen MR) is 130 cm³/mol. The molecule has 5 aliphatic carbocycles. The normalized spacial score (nSPS) is 62.7. The van der Waals surface area contributed by atoms with Gasteiger partial charge < -0.3 is 25.2 Å². The molecule has 1 saturated heterocycles. The minimum absolute atomic E-state index is 0.00744. The average Bonchev–Trinajstić information content (AvgIpc) is 3.09. The number of ether oxygens (including phenoxy) is 1. The molecule has 34 heavy (non-hydrogen) atoms. The van der Waals surface area contributed by atoms with Crippen molar-refractivity contribution in [3.63, 3.8) is 0 Å². The van der Waals surface area contributed by atoms with E-state index in [1.807, 2.05) is 6.92 Å². The number of hydrogen-bond donors (Lipinski definition) is 4. The summed E-state index contributed by atoms with van der Waals surface area (Å²) in [6.45, 7) is 11.4. The summed E-state index contributed by atoms with van der Waals surface area (Å²) in [5.74, 6) is 0.551. The fraction of sp³-hybridized carbons (Fsp3) is 0.931. The first-order valence-electron chi connectivity index (χ1n) is 13.8. The molecule has 6 rings (SSSR count). The van der Waals surface area contributed by atoms with Gasteiger partial charge in [0.05, 0.1) is 24.9 Å². The molecule has 1 heterocycles. The molecule has 12 atom stereocenters. The summed E-state index contributed by atoms with van der Waals surface area (Å²) < 4.78 is 6.52. The van der Waals surface area contributed by atoms with Crippen LogP contribution < -0.4 is 0 Å². The van der Waals surface area contributed by atoms with E-state index in [1.165, 1.54) is 5.57 Å². The molecule has 6 aliphatic rings. The van der Waals surface area contributed by atoms with Gasteiger partial charge in [0.25, 0.3) is 0 Å². The Kier molecular flexibility index (Phi) is 4.85. The van der Waals surface area contributed by atoms with Gasteiger partial charge in [-0.05, 0) is 91.4 Å². The summed E-state index contributed by atoms with van der Waals surface area (Å²) in [6.07, 6.45) is 9.25. The highest BCUT2D eigenvalue weighted by Crippen LogP contribution is 2.76. The van der Waals surface area contributed by atoms with Gasteiger partial charge in [0.15, 0.2) is 6.29 Å². The van der Waals surface area contributed by atoms with Gasteiger partial charge in [0.2, 0.25) is 0 Å². The van der Waals surface area contributed by atoms with Gasteiger partial charge >= 0.3 is 0 Å². The average molecular weight is 475 g/mol. The first-order valence-corrected chi connectivity index (χ1v) is 13.8. The minimum Gasteiger partial charge on any atom is -0.396 e. The van der Waals surface area contributed by atoms with Crippen molar-refractivity contribution < 1.29 is 25.2 Å². The van der Waals surface area contributed by atoms with Crippen molar-refractivity contribution in [1.29, 1.82) is 0 Å². The molecule has 2 bridgehead atoms. The quantitative estimate of drug-likeness (QED) is 0.428. The molecule has 4 N–H and O–H groups in total. The number of allylic oxidation sites excluding steroid dienone is 1. The Morgan fingerprint density at radius 3 is 2.35 bits per heavy atom. The lowest BCUT2D eigenvalue weighted by Gasteiger charge is -2.71. The molecule has 5 fully saturated rings. The monoisotopic (exact) mass is 474 g/mol. The Balaban J connectivity index is 1.42. The molecule has 0 unspecified atom stereocenters. The standard InChI is InChI=1S/C29H46O5/c1-24-10-12-29(15-24)13-11-27(4)17(22(29)34-23(24)33)6-7-20-25(2)14-18(31)21(32)26(3,16-30)19(25)8-9-28(20,27)5/h6,18-23,30-33H,7-16H2,1-5H3/t18-,19-,20-,21-,22-,23+,24+,25+,26+,27-,28-,29+/m1/s1. The Morgan fingerprint density at radius 2 is 1.65 bits per heavy atom. The van der Waals surface area contributed by atoms with Crippen molar-refractivity contribution in [2.45, 2.75) is 117 Å². The Morgan fingerprint density at radius 1 is 0.941 bits per heavy atom. The van der Waals surface area contributed by atoms with Crippen LogP contribution in [-0.4, -0.2) is 51.6 Å². The highest BCUT2D eigenvalue weighted by Gasteiger charge is 2.71. The van der Waals surface area contributed by atoms with Gasteiger partial charge in [0.1, 0.15) is 0 Å². The zero-order chi connectivity index (χ0) is 24.5. The van der Waals surface area contributed by atoms with Gasteiger partial charge in [0, 0.05) is 16.2 Å². The topological polar surface area (TPSA) is 90.2 Å². The smallest absolute Gasteiger partial charge is 0.160 e. The first-order chi connectivity index (χ1) is 15.8. The molecule has 1 aliphatic heterocycles. The number of aliphatic hydroxyl groups excluding tert-OH is 4. The van der Waals surface area contributed by atoms with Crippen LogP contribution in [0.2, 0.25) is 0 Å². The van der Waals surface area contributed by atoms with Crippen molar-refractivity contribution in [2.24, 2.45) is 44.3 Å². The molecule has 4 saturated carbocycles. The maximum atomic E-state index is 11.0. The molecule has 0 aromatic rings. The van der Waals surface area contributed by atoms with Crippen molar-refractivity contribution in [3.05, 3.63) is 11.6 Å². The van der Waals surface area contributed by atoms with E-state index >= 15 is 0 Å². The predicted octanol–water partition coefficient (Wildman–Crippen LogP) is 4.17. The zero-order valence-electron chi connectivity index (χ0n) is 21.8. The Bertz CT molecular complexity index is 918. The minimum atomic E-state index is -0.881. The van der Waals surface area contributed by atoms with Crippen LogP contribution in [0.3, 0.4) is 0 Å². The third kappa shape index (κ3) is 2.54. The van der Waals surface area contributed by atoms with Crippen LogP contribution in [0.4, 0.5) is 0 Å². The van der Waals surface area contributed by atoms with Crippen LogP contribution in [-0.2, 0) is 4.74 Å². The van der Waals surface area contributed by atoms with E-state index < -0.39 is 23.9 Å². The summed E-state index contributed by atoms with van der Waals surface area (Å²) in [5.41, 5.74) is 0.712. The summed E-state index contributed by atoms with van der Waals surface area (Å²) in [6, 6.07) is 0. The molecule has 192 valence electrons. The maximum Gasteiger partial charge on any atom is 0.160 e. The summed E-state index contributed by atoms with van der Waals surface area (Å²) in [7, 11) is 0. The fourth-order valence-corrected chi connectivity index (χ4v) is 11.1. The van der Waals surface area contributed by atoms with E-state index in [2.05, 4.69) is 33.8 Å². The highest BCUT2D eigenvalue weighted by atomic mass is 16.6. The lowest BCUT2D eigenvalue weighted by atomic mass is 9.34. The van der Waals surface area contributed by atoms with Gasteiger partial charge in [-0.15, -0.1) is 0 Å². The summed E-state index contributed by atoms with van der Waals surface area (Å²) in [4.78, 5) is 0. The zero-order valence-corrected chi connectivity index (χ0v) is 21.8. The van der Waals surface area contributed by atoms with E-state index in [9.17, 15) is 20.4 Å². The third-order valence-electron chi connectivity index (χ3n) is 13.4. The molecule has 5 heteroatoms. The Labute approximate surface area is 205 Å². The first kappa shape index (κ1) is 23.9. The Hall–Kier alpha value is -0.460. The molecule has 1 spiro atoms. The highest BCUT2D eigenvalue weighted by molar-refractivity contribution is 5.35. The van der Waals surface area contributed by atoms with E-state index in [0.29, 0.717) is 12.3 Å². The molecule has 0 aromatic heterocycles. The second-order valence-corrected chi connectivity index (χ2v) is 14.7. The van der Waals surface area contributed by atoms with Gasteiger partial charge in [-0.3, -0.25) is 0 Å². The van der Waals surface area contributed by atoms with E-state index in [-0.39, 0.29) is 45.7 Å². The molecular formula is C29H46O5. The molecule has 0 amide bonds. The van der Waals surface area contributed by atoms with Crippen LogP contribution in [0.5, 0.6) is 0 Å². The van der Waals surface area contributed by atoms with Crippen molar-refractivity contribution >= 4 is 0 Å². The summed E-state index contributed by atoms with van der Waals surface area (Å²) in [5, 5.41) is 43.3. The summed E-state index contributed by atoms with van der Waals surface area (Å²) >= 11 is 0. The lowest BCUT2D eigenvalue weighted by molar-refractivity contribution is -0.267.